The molecule has 0 saturated heterocycles. The Morgan fingerprint density at radius 1 is 0.857 bits per heavy atom. The van der Waals surface area contributed by atoms with Crippen molar-refractivity contribution < 1.29 is 128 Å². The Hall–Kier alpha value is 0.840. The van der Waals surface area contributed by atoms with Gasteiger partial charge < -0.3 is 40.5 Å². The van der Waals surface area contributed by atoms with Crippen molar-refractivity contribution in [1.29, 1.82) is 0 Å². The van der Waals surface area contributed by atoms with Gasteiger partial charge in [-0.05, 0) is 19.3 Å². The van der Waals surface area contributed by atoms with E-state index < -0.39 is 36.3 Å². The first-order valence-corrected chi connectivity index (χ1v) is 4.74. The van der Waals surface area contributed by atoms with E-state index in [4.69, 9.17) is 10.8 Å². The molecule has 0 aromatic carbocycles. The SMILES string of the molecule is N[C@@H](CCC(=O)[O-])C(=O)[O-].O=C([O-])CCC(=O)O.[Na+].[Na+].[Na+]. The molecule has 0 bridgehead atoms. The van der Waals surface area contributed by atoms with E-state index in [1.54, 1.807) is 0 Å². The van der Waals surface area contributed by atoms with Crippen LogP contribution < -0.4 is 110 Å². The Morgan fingerprint density at radius 2 is 1.24 bits per heavy atom. The van der Waals surface area contributed by atoms with Gasteiger partial charge in [0.2, 0.25) is 0 Å². The number of nitrogens with two attached hydrogens (primary N) is 1. The molecule has 0 saturated carbocycles. The maximum atomic E-state index is 9.86. The summed E-state index contributed by atoms with van der Waals surface area (Å²) < 4.78 is 0. The number of carbonyl (C=O) groups is 4. The summed E-state index contributed by atoms with van der Waals surface area (Å²) in [5.74, 6) is -5.19. The van der Waals surface area contributed by atoms with Gasteiger partial charge in [-0.25, -0.2) is 0 Å². The van der Waals surface area contributed by atoms with Crippen LogP contribution in [0.3, 0.4) is 0 Å². The third-order valence-corrected chi connectivity index (χ3v) is 1.51. The number of carbonyl (C=O) groups excluding carboxylic acids is 3. The Labute approximate surface area is 187 Å². The maximum absolute atomic E-state index is 9.86. The second kappa shape index (κ2) is 20.8. The zero-order valence-corrected chi connectivity index (χ0v) is 18.3. The average molecular weight is 331 g/mol. The number of aliphatic carboxylic acids is 4. The van der Waals surface area contributed by atoms with Gasteiger partial charge in [-0.3, -0.25) is 4.79 Å². The first-order valence-electron chi connectivity index (χ1n) is 4.74. The van der Waals surface area contributed by atoms with E-state index in [0.29, 0.717) is 0 Å². The summed E-state index contributed by atoms with van der Waals surface area (Å²) in [4.78, 5) is 38.8. The van der Waals surface area contributed by atoms with Crippen molar-refractivity contribution in [3.63, 3.8) is 0 Å². The minimum Gasteiger partial charge on any atom is -0.550 e. The number of carboxylic acids is 4. The molecule has 1 atom stereocenters. The van der Waals surface area contributed by atoms with E-state index >= 15 is 0 Å². The van der Waals surface area contributed by atoms with Gasteiger partial charge in [0.05, 0.1) is 12.4 Å². The molecule has 0 amide bonds. The normalized spacial score (nSPS) is 9.19. The van der Waals surface area contributed by atoms with E-state index in [1.807, 2.05) is 0 Å². The van der Waals surface area contributed by atoms with E-state index in [-0.39, 0.29) is 108 Å². The van der Waals surface area contributed by atoms with Gasteiger partial charge in [-0.1, -0.05) is 0 Å². The van der Waals surface area contributed by atoms with Gasteiger partial charge in [0.25, 0.3) is 0 Å². The number of hydrogen-bond donors (Lipinski definition) is 2. The molecular formula is C9H12NNa3O8. The second-order valence-electron chi connectivity index (χ2n) is 3.10. The molecule has 0 heterocycles. The first kappa shape index (κ1) is 33.4. The van der Waals surface area contributed by atoms with Crippen LogP contribution in [0.4, 0.5) is 0 Å². The summed E-state index contributed by atoms with van der Waals surface area (Å²) >= 11 is 0. The standard InChI is InChI=1S/C5H9NO4.C4H6O4.3Na/c6-3(5(9)10)1-2-4(7)8;5-3(6)1-2-4(7)8;;;/h3H,1-2,6H2,(H,7,8)(H,9,10);1-2H2,(H,5,6)(H,7,8);;;/q;;3*+1/p-3/t3-;;;;/m0..../s1. The van der Waals surface area contributed by atoms with E-state index in [0.717, 1.165) is 0 Å². The summed E-state index contributed by atoms with van der Waals surface area (Å²) in [7, 11) is 0. The van der Waals surface area contributed by atoms with Crippen LogP contribution in [0.1, 0.15) is 25.7 Å². The summed E-state index contributed by atoms with van der Waals surface area (Å²) in [5.41, 5.74) is 4.91. The Kier molecular flexibility index (Phi) is 33.2. The van der Waals surface area contributed by atoms with Gasteiger partial charge in [0, 0.05) is 18.0 Å². The van der Waals surface area contributed by atoms with Crippen molar-refractivity contribution in [3.05, 3.63) is 0 Å². The molecule has 21 heavy (non-hydrogen) atoms. The van der Waals surface area contributed by atoms with Crippen molar-refractivity contribution >= 4 is 23.9 Å². The molecule has 9 nitrogen and oxygen atoms in total. The Bertz CT molecular complexity index is 312. The molecule has 0 radical (unpaired) electrons. The molecule has 0 fully saturated rings. The monoisotopic (exact) mass is 331 g/mol. The van der Waals surface area contributed by atoms with Gasteiger partial charge in [0.15, 0.2) is 0 Å². The summed E-state index contributed by atoms with van der Waals surface area (Å²) in [6.07, 6.45) is -1.27. The third kappa shape index (κ3) is 33.6. The molecule has 0 rings (SSSR count). The molecule has 12 heteroatoms. The van der Waals surface area contributed by atoms with E-state index in [9.17, 15) is 34.5 Å². The molecule has 0 aromatic rings. The Balaban J connectivity index is -0.0000000724. The van der Waals surface area contributed by atoms with Crippen LogP contribution in [0, 0.1) is 0 Å². The van der Waals surface area contributed by atoms with Crippen LogP contribution in [0.2, 0.25) is 0 Å². The zero-order valence-electron chi connectivity index (χ0n) is 12.3. The average Bonchev–Trinajstić information content (AvgIpc) is 2.23. The fourth-order valence-electron chi connectivity index (χ4n) is 0.600. The number of hydrogen-bond acceptors (Lipinski definition) is 8. The van der Waals surface area contributed by atoms with Crippen molar-refractivity contribution in [2.75, 3.05) is 0 Å². The van der Waals surface area contributed by atoms with Crippen molar-refractivity contribution in [2.45, 2.75) is 31.7 Å². The van der Waals surface area contributed by atoms with Crippen molar-refractivity contribution in [1.82, 2.24) is 0 Å². The fourth-order valence-corrected chi connectivity index (χ4v) is 0.600. The van der Waals surface area contributed by atoms with Gasteiger partial charge in [-0.15, -0.1) is 0 Å². The van der Waals surface area contributed by atoms with E-state index in [2.05, 4.69) is 0 Å². The van der Waals surface area contributed by atoms with Gasteiger partial charge >= 0.3 is 94.6 Å². The molecule has 0 aliphatic carbocycles. The number of carboxylic acid groups (broad SMARTS) is 4. The largest absolute Gasteiger partial charge is 1.00 e. The summed E-state index contributed by atoms with van der Waals surface area (Å²) in [6.45, 7) is 0. The zero-order chi connectivity index (χ0) is 14.7. The van der Waals surface area contributed by atoms with Crippen LogP contribution in [0.5, 0.6) is 0 Å². The predicted molar refractivity (Wildman–Crippen MR) is 49.1 cm³/mol. The predicted octanol–water partition coefficient (Wildman–Crippen LogP) is -13.8. The topological polar surface area (TPSA) is 184 Å². The van der Waals surface area contributed by atoms with Gasteiger partial charge in [0.1, 0.15) is 0 Å². The maximum Gasteiger partial charge on any atom is 1.00 e. The molecular weight excluding hydrogens is 319 g/mol. The minimum absolute atomic E-state index is 0. The van der Waals surface area contributed by atoms with Crippen molar-refractivity contribution in [2.24, 2.45) is 5.73 Å². The first-order chi connectivity index (χ1) is 8.16. The molecule has 0 aromatic heterocycles. The van der Waals surface area contributed by atoms with E-state index in [1.165, 1.54) is 0 Å². The Morgan fingerprint density at radius 3 is 1.43 bits per heavy atom. The molecule has 0 spiro atoms. The number of rotatable bonds is 7. The quantitative estimate of drug-likeness (QED) is 0.427. The molecule has 0 aliphatic heterocycles. The van der Waals surface area contributed by atoms with Crippen molar-refractivity contribution in [3.8, 4) is 0 Å². The molecule has 0 aliphatic rings. The smallest absolute Gasteiger partial charge is 0.550 e. The molecule has 104 valence electrons. The van der Waals surface area contributed by atoms with Crippen LogP contribution in [-0.2, 0) is 19.2 Å². The second-order valence-corrected chi connectivity index (χ2v) is 3.10. The minimum atomic E-state index is -1.44. The van der Waals surface area contributed by atoms with Crippen LogP contribution >= 0.6 is 0 Å². The summed E-state index contributed by atoms with van der Waals surface area (Å²) in [6, 6.07) is -1.21. The van der Waals surface area contributed by atoms with Crippen LogP contribution in [0.25, 0.3) is 0 Å². The molecule has 3 N–H and O–H groups in total. The fraction of sp³-hybridized carbons (Fsp3) is 0.556. The third-order valence-electron chi connectivity index (χ3n) is 1.51. The van der Waals surface area contributed by atoms with Gasteiger partial charge in [-0.2, -0.15) is 0 Å². The molecule has 0 unspecified atom stereocenters. The van der Waals surface area contributed by atoms with Crippen LogP contribution in [0.15, 0.2) is 0 Å². The van der Waals surface area contributed by atoms with Crippen LogP contribution in [-0.4, -0.2) is 35.0 Å². The summed E-state index contributed by atoms with van der Waals surface area (Å²) in [5, 5.41) is 37.0.